The molecule has 0 bridgehead atoms. The van der Waals surface area contributed by atoms with Gasteiger partial charge in [-0.25, -0.2) is 9.59 Å². The molecule has 1 saturated heterocycles. The number of carbonyl (C=O) groups is 2. The van der Waals surface area contributed by atoms with E-state index in [0.29, 0.717) is 6.54 Å². The predicted octanol–water partition coefficient (Wildman–Crippen LogP) is 0.406. The third-order valence-corrected chi connectivity index (χ3v) is 3.09. The lowest BCUT2D eigenvalue weighted by Crippen LogP contribution is -2.50. The lowest BCUT2D eigenvalue weighted by molar-refractivity contribution is -0.146. The number of likely N-dealkylation sites (tertiary alicyclic amines) is 1. The van der Waals surface area contributed by atoms with Gasteiger partial charge in [0.25, 0.3) is 0 Å². The van der Waals surface area contributed by atoms with Gasteiger partial charge in [-0.15, -0.1) is 0 Å². The van der Waals surface area contributed by atoms with E-state index in [9.17, 15) is 9.59 Å². The van der Waals surface area contributed by atoms with E-state index in [0.717, 1.165) is 25.7 Å². The van der Waals surface area contributed by atoms with E-state index in [1.54, 1.807) is 4.90 Å². The monoisotopic (exact) mass is 244 g/mol. The molecule has 6 nitrogen and oxygen atoms in total. The van der Waals surface area contributed by atoms with Crippen LogP contribution in [0.1, 0.15) is 32.6 Å². The van der Waals surface area contributed by atoms with Crippen molar-refractivity contribution in [2.75, 3.05) is 13.1 Å². The van der Waals surface area contributed by atoms with Gasteiger partial charge < -0.3 is 20.4 Å². The zero-order valence-electron chi connectivity index (χ0n) is 10.1. The van der Waals surface area contributed by atoms with Gasteiger partial charge in [0.1, 0.15) is 0 Å². The van der Waals surface area contributed by atoms with Crippen LogP contribution in [-0.2, 0) is 4.79 Å². The lowest BCUT2D eigenvalue weighted by atomic mass is 10.0. The summed E-state index contributed by atoms with van der Waals surface area (Å²) in [5.74, 6) is -1.32. The van der Waals surface area contributed by atoms with Crippen molar-refractivity contribution < 1.29 is 19.8 Å². The Balaban J connectivity index is 2.42. The highest BCUT2D eigenvalue weighted by atomic mass is 16.4. The summed E-state index contributed by atoms with van der Waals surface area (Å²) in [6, 6.07) is -0.0532. The number of carboxylic acid groups (broad SMARTS) is 1. The van der Waals surface area contributed by atoms with Gasteiger partial charge in [-0.1, -0.05) is 6.92 Å². The molecular weight excluding hydrogens is 224 g/mol. The molecule has 0 aliphatic carbocycles. The van der Waals surface area contributed by atoms with Crippen molar-refractivity contribution in [3.63, 3.8) is 0 Å². The molecule has 1 rings (SSSR count). The van der Waals surface area contributed by atoms with Gasteiger partial charge in [-0.05, 0) is 25.7 Å². The smallest absolute Gasteiger partial charge is 0.334 e. The van der Waals surface area contributed by atoms with Crippen molar-refractivity contribution in [1.82, 2.24) is 10.2 Å². The standard InChI is InChI=1S/C11H20N2O4/c1-2-8-5-3-4-6-13(8)11(17)12-7-9(14)10(15)16/h8-9,14H,2-7H2,1H3,(H,12,17)(H,15,16). The van der Waals surface area contributed by atoms with Crippen molar-refractivity contribution >= 4 is 12.0 Å². The summed E-state index contributed by atoms with van der Waals surface area (Å²) in [5, 5.41) is 20.0. The number of urea groups is 1. The zero-order valence-corrected chi connectivity index (χ0v) is 10.1. The summed E-state index contributed by atoms with van der Waals surface area (Å²) in [7, 11) is 0. The molecule has 3 N–H and O–H groups in total. The third kappa shape index (κ3) is 3.89. The first kappa shape index (κ1) is 13.8. The number of aliphatic carboxylic acids is 1. The quantitative estimate of drug-likeness (QED) is 0.668. The summed E-state index contributed by atoms with van der Waals surface area (Å²) in [6.07, 6.45) is 2.45. The summed E-state index contributed by atoms with van der Waals surface area (Å²) < 4.78 is 0. The number of aliphatic hydroxyl groups excluding tert-OH is 1. The van der Waals surface area contributed by atoms with E-state index in [1.165, 1.54) is 0 Å². The number of amides is 2. The van der Waals surface area contributed by atoms with Crippen LogP contribution in [0.4, 0.5) is 4.79 Å². The van der Waals surface area contributed by atoms with Crippen molar-refractivity contribution in [3.8, 4) is 0 Å². The largest absolute Gasteiger partial charge is 0.479 e. The maximum Gasteiger partial charge on any atom is 0.334 e. The zero-order chi connectivity index (χ0) is 12.8. The molecule has 0 spiro atoms. The van der Waals surface area contributed by atoms with E-state index in [4.69, 9.17) is 10.2 Å². The van der Waals surface area contributed by atoms with Crippen LogP contribution in [0.3, 0.4) is 0 Å². The highest BCUT2D eigenvalue weighted by Crippen LogP contribution is 2.19. The Hall–Kier alpha value is -1.30. The highest BCUT2D eigenvalue weighted by molar-refractivity contribution is 5.77. The molecule has 2 atom stereocenters. The maximum atomic E-state index is 11.8. The Morgan fingerprint density at radius 2 is 2.18 bits per heavy atom. The molecular formula is C11H20N2O4. The van der Waals surface area contributed by atoms with Crippen molar-refractivity contribution in [1.29, 1.82) is 0 Å². The molecule has 2 amide bonds. The summed E-state index contributed by atoms with van der Waals surface area (Å²) in [5.41, 5.74) is 0. The van der Waals surface area contributed by atoms with Crippen LogP contribution in [0.2, 0.25) is 0 Å². The molecule has 0 radical (unpaired) electrons. The fourth-order valence-corrected chi connectivity index (χ4v) is 2.07. The fourth-order valence-electron chi connectivity index (χ4n) is 2.07. The van der Waals surface area contributed by atoms with Gasteiger partial charge in [-0.3, -0.25) is 0 Å². The lowest BCUT2D eigenvalue weighted by Gasteiger charge is -2.35. The van der Waals surface area contributed by atoms with Crippen molar-refractivity contribution in [3.05, 3.63) is 0 Å². The number of rotatable bonds is 4. The van der Waals surface area contributed by atoms with Crippen LogP contribution in [0.5, 0.6) is 0 Å². The average molecular weight is 244 g/mol. The summed E-state index contributed by atoms with van der Waals surface area (Å²) in [4.78, 5) is 23.9. The third-order valence-electron chi connectivity index (χ3n) is 3.09. The Kier molecular flexibility index (Phi) is 5.21. The number of nitrogens with one attached hydrogen (secondary N) is 1. The first-order valence-electron chi connectivity index (χ1n) is 6.01. The predicted molar refractivity (Wildman–Crippen MR) is 61.7 cm³/mol. The second kappa shape index (κ2) is 6.44. The number of hydrogen-bond acceptors (Lipinski definition) is 3. The second-order valence-electron chi connectivity index (χ2n) is 4.29. The molecule has 0 aromatic carbocycles. The molecule has 0 aromatic heterocycles. The molecule has 1 aliphatic rings. The minimum Gasteiger partial charge on any atom is -0.479 e. The first-order chi connectivity index (χ1) is 8.06. The summed E-state index contributed by atoms with van der Waals surface area (Å²) >= 11 is 0. The van der Waals surface area contributed by atoms with Crippen LogP contribution in [0.15, 0.2) is 0 Å². The molecule has 1 fully saturated rings. The van der Waals surface area contributed by atoms with E-state index in [-0.39, 0.29) is 18.6 Å². The van der Waals surface area contributed by atoms with Crippen LogP contribution in [0.25, 0.3) is 0 Å². The molecule has 6 heteroatoms. The Labute approximate surface area is 101 Å². The molecule has 1 heterocycles. The fraction of sp³-hybridized carbons (Fsp3) is 0.818. The summed E-state index contributed by atoms with van der Waals surface area (Å²) in [6.45, 7) is 2.48. The van der Waals surface area contributed by atoms with Crippen LogP contribution in [-0.4, -0.2) is 52.3 Å². The molecule has 2 unspecified atom stereocenters. The second-order valence-corrected chi connectivity index (χ2v) is 4.29. The molecule has 0 saturated carbocycles. The van der Waals surface area contributed by atoms with Crippen LogP contribution >= 0.6 is 0 Å². The Morgan fingerprint density at radius 3 is 2.76 bits per heavy atom. The van der Waals surface area contributed by atoms with Gasteiger partial charge >= 0.3 is 12.0 Å². The van der Waals surface area contributed by atoms with Gasteiger partial charge in [0.05, 0.1) is 6.54 Å². The van der Waals surface area contributed by atoms with Crippen molar-refractivity contribution in [2.24, 2.45) is 0 Å². The number of carbonyl (C=O) groups excluding carboxylic acids is 1. The number of carboxylic acids is 1. The van der Waals surface area contributed by atoms with Gasteiger partial charge in [0, 0.05) is 12.6 Å². The normalized spacial score (nSPS) is 22.0. The topological polar surface area (TPSA) is 89.9 Å². The maximum absolute atomic E-state index is 11.8. The molecule has 98 valence electrons. The minimum atomic E-state index is -1.54. The molecule has 1 aliphatic heterocycles. The first-order valence-corrected chi connectivity index (χ1v) is 6.01. The van der Waals surface area contributed by atoms with Gasteiger partial charge in [0.15, 0.2) is 6.10 Å². The van der Waals surface area contributed by atoms with E-state index in [1.807, 2.05) is 6.92 Å². The van der Waals surface area contributed by atoms with Crippen LogP contribution in [0, 0.1) is 0 Å². The average Bonchev–Trinajstić information content (AvgIpc) is 2.35. The van der Waals surface area contributed by atoms with E-state index >= 15 is 0 Å². The molecule has 0 aromatic rings. The van der Waals surface area contributed by atoms with Gasteiger partial charge in [-0.2, -0.15) is 0 Å². The Bertz CT molecular complexity index is 283. The minimum absolute atomic E-state index is 0.228. The van der Waals surface area contributed by atoms with Crippen LogP contribution < -0.4 is 5.32 Å². The number of hydrogen-bond donors (Lipinski definition) is 3. The van der Waals surface area contributed by atoms with E-state index in [2.05, 4.69) is 5.32 Å². The van der Waals surface area contributed by atoms with E-state index < -0.39 is 12.1 Å². The number of aliphatic hydroxyl groups is 1. The van der Waals surface area contributed by atoms with Gasteiger partial charge in [0.2, 0.25) is 0 Å². The SMILES string of the molecule is CCC1CCCCN1C(=O)NCC(O)C(=O)O. The number of piperidine rings is 1. The number of nitrogens with zero attached hydrogens (tertiary/aromatic N) is 1. The highest BCUT2D eigenvalue weighted by Gasteiger charge is 2.25. The molecule has 17 heavy (non-hydrogen) atoms. The Morgan fingerprint density at radius 1 is 1.47 bits per heavy atom. The van der Waals surface area contributed by atoms with Crippen molar-refractivity contribution in [2.45, 2.75) is 44.8 Å².